The Kier molecular flexibility index (Phi) is 7.11. The predicted molar refractivity (Wildman–Crippen MR) is 56.2 cm³/mol. The van der Waals surface area contributed by atoms with Crippen molar-refractivity contribution >= 4 is 0 Å². The molecule has 0 bridgehead atoms. The first-order valence-electron chi connectivity index (χ1n) is 4.60. The zero-order valence-corrected chi connectivity index (χ0v) is 8.60. The molecule has 0 saturated heterocycles. The molecule has 0 aromatic carbocycles. The highest BCUT2D eigenvalue weighted by Gasteiger charge is 1.98. The van der Waals surface area contributed by atoms with Crippen molar-refractivity contribution in [2.75, 3.05) is 19.8 Å². The van der Waals surface area contributed by atoms with Crippen LogP contribution in [0.15, 0.2) is 24.0 Å². The van der Waals surface area contributed by atoms with E-state index in [2.05, 4.69) is 18.8 Å². The molecule has 0 atom stereocenters. The van der Waals surface area contributed by atoms with Crippen molar-refractivity contribution in [1.82, 2.24) is 5.32 Å². The number of hydrogen-bond donors (Lipinski definition) is 2. The fourth-order valence-electron chi connectivity index (χ4n) is 0.824. The molecule has 0 aromatic rings. The van der Waals surface area contributed by atoms with Gasteiger partial charge in [-0.25, -0.2) is 0 Å². The standard InChI is InChI=1S/C10H20N2O/c1-4-6-12-10(9(3)11)8-13-7-5-2/h5,12H,2,4,6-8,11H2,1,3H3/b10-9-. The number of nitrogens with one attached hydrogen (secondary N) is 1. The Hall–Kier alpha value is -0.960. The van der Waals surface area contributed by atoms with Crippen molar-refractivity contribution in [3.8, 4) is 0 Å². The van der Waals surface area contributed by atoms with Gasteiger partial charge < -0.3 is 15.8 Å². The third kappa shape index (κ3) is 6.22. The molecule has 3 nitrogen and oxygen atoms in total. The Labute approximate surface area is 80.6 Å². The molecule has 13 heavy (non-hydrogen) atoms. The van der Waals surface area contributed by atoms with E-state index < -0.39 is 0 Å². The molecule has 0 rings (SSSR count). The first-order valence-corrected chi connectivity index (χ1v) is 4.60. The van der Waals surface area contributed by atoms with Crippen molar-refractivity contribution in [3.63, 3.8) is 0 Å². The van der Waals surface area contributed by atoms with E-state index in [-0.39, 0.29) is 0 Å². The number of nitrogens with two attached hydrogens (primary N) is 1. The van der Waals surface area contributed by atoms with Crippen LogP contribution in [0.25, 0.3) is 0 Å². The molecule has 0 aliphatic carbocycles. The highest BCUT2D eigenvalue weighted by molar-refractivity contribution is 5.07. The fraction of sp³-hybridized carbons (Fsp3) is 0.600. The molecule has 0 heterocycles. The minimum atomic E-state index is 0.536. The summed E-state index contributed by atoms with van der Waals surface area (Å²) in [5.74, 6) is 0. The van der Waals surface area contributed by atoms with Gasteiger partial charge in [0.25, 0.3) is 0 Å². The average molecular weight is 184 g/mol. The molecule has 0 saturated carbocycles. The third-order valence-corrected chi connectivity index (χ3v) is 1.55. The van der Waals surface area contributed by atoms with E-state index in [1.165, 1.54) is 0 Å². The van der Waals surface area contributed by atoms with Crippen molar-refractivity contribution in [2.24, 2.45) is 5.73 Å². The van der Waals surface area contributed by atoms with E-state index in [1.807, 2.05) is 6.92 Å². The lowest BCUT2D eigenvalue weighted by Crippen LogP contribution is -2.22. The summed E-state index contributed by atoms with van der Waals surface area (Å²) >= 11 is 0. The lowest BCUT2D eigenvalue weighted by atomic mass is 10.3. The van der Waals surface area contributed by atoms with E-state index in [4.69, 9.17) is 10.5 Å². The van der Waals surface area contributed by atoms with Gasteiger partial charge in [0, 0.05) is 12.2 Å². The maximum absolute atomic E-state index is 5.67. The normalized spacial score (nSPS) is 12.2. The maximum Gasteiger partial charge on any atom is 0.0884 e. The summed E-state index contributed by atoms with van der Waals surface area (Å²) in [6.45, 7) is 9.58. The monoisotopic (exact) mass is 184 g/mol. The second-order valence-electron chi connectivity index (χ2n) is 2.89. The number of hydrogen-bond acceptors (Lipinski definition) is 3. The highest BCUT2D eigenvalue weighted by Crippen LogP contribution is 1.95. The Morgan fingerprint density at radius 3 is 2.77 bits per heavy atom. The van der Waals surface area contributed by atoms with Crippen molar-refractivity contribution in [3.05, 3.63) is 24.0 Å². The Balaban J connectivity index is 3.82. The molecule has 3 heteroatoms. The zero-order valence-electron chi connectivity index (χ0n) is 8.60. The van der Waals surface area contributed by atoms with Gasteiger partial charge in [-0.05, 0) is 13.3 Å². The Bertz CT molecular complexity index is 172. The van der Waals surface area contributed by atoms with Crippen LogP contribution in [-0.4, -0.2) is 19.8 Å². The van der Waals surface area contributed by atoms with Crippen LogP contribution in [0.2, 0.25) is 0 Å². The van der Waals surface area contributed by atoms with Gasteiger partial charge in [0.15, 0.2) is 0 Å². The van der Waals surface area contributed by atoms with Crippen molar-refractivity contribution < 1.29 is 4.74 Å². The summed E-state index contributed by atoms with van der Waals surface area (Å²) in [4.78, 5) is 0. The van der Waals surface area contributed by atoms with Gasteiger partial charge in [0.2, 0.25) is 0 Å². The smallest absolute Gasteiger partial charge is 0.0884 e. The minimum absolute atomic E-state index is 0.536. The van der Waals surface area contributed by atoms with Gasteiger partial charge in [-0.2, -0.15) is 0 Å². The molecule has 3 N–H and O–H groups in total. The molecule has 0 aromatic heterocycles. The third-order valence-electron chi connectivity index (χ3n) is 1.55. The van der Waals surface area contributed by atoms with E-state index in [9.17, 15) is 0 Å². The van der Waals surface area contributed by atoms with Crippen LogP contribution < -0.4 is 11.1 Å². The summed E-state index contributed by atoms with van der Waals surface area (Å²) in [6.07, 6.45) is 2.81. The molecule has 0 radical (unpaired) electrons. The van der Waals surface area contributed by atoms with Crippen molar-refractivity contribution in [1.29, 1.82) is 0 Å². The topological polar surface area (TPSA) is 47.3 Å². The summed E-state index contributed by atoms with van der Waals surface area (Å²) in [5, 5.41) is 3.22. The quantitative estimate of drug-likeness (QED) is 0.464. The van der Waals surface area contributed by atoms with Gasteiger partial charge in [0.05, 0.1) is 18.9 Å². The Morgan fingerprint density at radius 2 is 2.31 bits per heavy atom. The maximum atomic E-state index is 5.67. The van der Waals surface area contributed by atoms with Gasteiger partial charge in [-0.15, -0.1) is 6.58 Å². The van der Waals surface area contributed by atoms with Crippen molar-refractivity contribution in [2.45, 2.75) is 20.3 Å². The first-order chi connectivity index (χ1) is 6.22. The lowest BCUT2D eigenvalue weighted by molar-refractivity contribution is 0.181. The summed E-state index contributed by atoms with van der Waals surface area (Å²) in [5.41, 5.74) is 7.44. The minimum Gasteiger partial charge on any atom is -0.401 e. The zero-order chi connectivity index (χ0) is 10.1. The second-order valence-corrected chi connectivity index (χ2v) is 2.89. The van der Waals surface area contributed by atoms with Crippen LogP contribution in [0, 0.1) is 0 Å². The van der Waals surface area contributed by atoms with Gasteiger partial charge in [0.1, 0.15) is 0 Å². The average Bonchev–Trinajstić information content (AvgIpc) is 2.10. The molecular weight excluding hydrogens is 164 g/mol. The SMILES string of the molecule is C=CCOC/C(NCCC)=C(\C)N. The first kappa shape index (κ1) is 12.0. The molecule has 0 fully saturated rings. The number of allylic oxidation sites excluding steroid dienone is 1. The molecule has 76 valence electrons. The number of ether oxygens (including phenoxy) is 1. The molecule has 0 amide bonds. The molecule has 0 unspecified atom stereocenters. The molecule has 0 aliphatic rings. The van der Waals surface area contributed by atoms with Gasteiger partial charge >= 0.3 is 0 Å². The largest absolute Gasteiger partial charge is 0.401 e. The fourth-order valence-corrected chi connectivity index (χ4v) is 0.824. The van der Waals surface area contributed by atoms with Crippen LogP contribution in [0.5, 0.6) is 0 Å². The highest BCUT2D eigenvalue weighted by atomic mass is 16.5. The summed E-state index contributed by atoms with van der Waals surface area (Å²) in [7, 11) is 0. The van der Waals surface area contributed by atoms with E-state index in [0.29, 0.717) is 13.2 Å². The van der Waals surface area contributed by atoms with Gasteiger partial charge in [-0.3, -0.25) is 0 Å². The lowest BCUT2D eigenvalue weighted by Gasteiger charge is -2.11. The van der Waals surface area contributed by atoms with Gasteiger partial charge in [-0.1, -0.05) is 13.0 Å². The van der Waals surface area contributed by atoms with E-state index in [0.717, 1.165) is 24.4 Å². The summed E-state index contributed by atoms with van der Waals surface area (Å²) < 4.78 is 5.28. The van der Waals surface area contributed by atoms with E-state index in [1.54, 1.807) is 6.08 Å². The van der Waals surface area contributed by atoms with Crippen LogP contribution >= 0.6 is 0 Å². The summed E-state index contributed by atoms with van der Waals surface area (Å²) in [6, 6.07) is 0. The second kappa shape index (κ2) is 7.68. The predicted octanol–water partition coefficient (Wildman–Crippen LogP) is 1.38. The Morgan fingerprint density at radius 1 is 1.62 bits per heavy atom. The molecule has 0 spiro atoms. The molecular formula is C10H20N2O. The molecule has 0 aliphatic heterocycles. The number of rotatable bonds is 7. The van der Waals surface area contributed by atoms with Crippen LogP contribution in [0.1, 0.15) is 20.3 Å². The van der Waals surface area contributed by atoms with Crippen LogP contribution in [0.4, 0.5) is 0 Å². The van der Waals surface area contributed by atoms with Crippen LogP contribution in [0.3, 0.4) is 0 Å². The van der Waals surface area contributed by atoms with Crippen LogP contribution in [-0.2, 0) is 4.74 Å². The van der Waals surface area contributed by atoms with E-state index >= 15 is 0 Å².